The highest BCUT2D eigenvalue weighted by Gasteiger charge is 2.17. The van der Waals surface area contributed by atoms with Gasteiger partial charge in [0.2, 0.25) is 10.0 Å². The van der Waals surface area contributed by atoms with Gasteiger partial charge in [-0.1, -0.05) is 24.3 Å². The standard InChI is InChI=1S/C22H24N4O2S.ClH/c1-17(15-24-11-13-26-12-9-18-4-2-3-5-22(18)26)25-29(27,28)21-7-6-20-16-23-10-8-19(20)14-21;/h2-10,12,14,16-17,24-25H,11,13,15H2,1H3;1H/t17-;/m1./s1. The van der Waals surface area contributed by atoms with Crippen molar-refractivity contribution in [2.75, 3.05) is 13.1 Å². The molecule has 2 N–H and O–H groups in total. The van der Waals surface area contributed by atoms with E-state index in [4.69, 9.17) is 0 Å². The van der Waals surface area contributed by atoms with Gasteiger partial charge in [0.15, 0.2) is 0 Å². The SMILES string of the molecule is C[C@H](CNCCn1ccc2ccccc21)NS(=O)(=O)c1ccc2cnccc2c1.Cl. The minimum absolute atomic E-state index is 0. The predicted octanol–water partition coefficient (Wildman–Crippen LogP) is 3.57. The summed E-state index contributed by atoms with van der Waals surface area (Å²) in [5, 5.41) is 6.33. The zero-order chi connectivity index (χ0) is 20.3. The van der Waals surface area contributed by atoms with Crippen molar-refractivity contribution in [2.45, 2.75) is 24.4 Å². The number of pyridine rings is 1. The summed E-state index contributed by atoms with van der Waals surface area (Å²) < 4.78 is 30.3. The first-order chi connectivity index (χ1) is 14.0. The van der Waals surface area contributed by atoms with Crippen molar-refractivity contribution in [3.8, 4) is 0 Å². The zero-order valence-electron chi connectivity index (χ0n) is 16.7. The van der Waals surface area contributed by atoms with Crippen LogP contribution >= 0.6 is 12.4 Å². The number of hydrogen-bond donors (Lipinski definition) is 2. The van der Waals surface area contributed by atoms with Crippen LogP contribution in [0.25, 0.3) is 21.7 Å². The largest absolute Gasteiger partial charge is 0.346 e. The van der Waals surface area contributed by atoms with Crippen molar-refractivity contribution in [1.29, 1.82) is 0 Å². The summed E-state index contributed by atoms with van der Waals surface area (Å²) in [7, 11) is -3.58. The smallest absolute Gasteiger partial charge is 0.240 e. The number of para-hydroxylation sites is 1. The Bertz CT molecular complexity index is 1240. The van der Waals surface area contributed by atoms with E-state index in [2.05, 4.69) is 44.0 Å². The average molecular weight is 445 g/mol. The second-order valence-corrected chi connectivity index (χ2v) is 8.89. The molecular weight excluding hydrogens is 420 g/mol. The number of nitrogens with zero attached hydrogens (tertiary/aromatic N) is 2. The van der Waals surface area contributed by atoms with Crippen molar-refractivity contribution in [1.82, 2.24) is 19.6 Å². The van der Waals surface area contributed by atoms with E-state index in [1.807, 2.05) is 25.1 Å². The van der Waals surface area contributed by atoms with Gasteiger partial charge in [-0.2, -0.15) is 0 Å². The molecule has 30 heavy (non-hydrogen) atoms. The average Bonchev–Trinajstić information content (AvgIpc) is 3.14. The van der Waals surface area contributed by atoms with Crippen LogP contribution in [0.5, 0.6) is 0 Å². The molecule has 0 fully saturated rings. The van der Waals surface area contributed by atoms with Crippen LogP contribution in [0, 0.1) is 0 Å². The predicted molar refractivity (Wildman–Crippen MR) is 124 cm³/mol. The van der Waals surface area contributed by atoms with E-state index in [9.17, 15) is 8.42 Å². The molecule has 4 aromatic rings. The molecule has 0 aliphatic carbocycles. The van der Waals surface area contributed by atoms with Crippen LogP contribution in [0.1, 0.15) is 6.92 Å². The fourth-order valence-corrected chi connectivity index (χ4v) is 4.74. The summed E-state index contributed by atoms with van der Waals surface area (Å²) in [6.45, 7) is 4.00. The Morgan fingerprint density at radius 3 is 2.73 bits per heavy atom. The van der Waals surface area contributed by atoms with Gasteiger partial charge in [-0.25, -0.2) is 13.1 Å². The van der Waals surface area contributed by atoms with E-state index in [0.717, 1.165) is 23.9 Å². The van der Waals surface area contributed by atoms with Crippen LogP contribution in [0.15, 0.2) is 78.1 Å². The minimum Gasteiger partial charge on any atom is -0.346 e. The van der Waals surface area contributed by atoms with Gasteiger partial charge in [0, 0.05) is 55.2 Å². The van der Waals surface area contributed by atoms with E-state index in [1.54, 1.807) is 30.6 Å². The molecule has 158 valence electrons. The van der Waals surface area contributed by atoms with Crippen molar-refractivity contribution in [3.05, 3.63) is 73.2 Å². The lowest BCUT2D eigenvalue weighted by atomic mass is 10.2. The highest BCUT2D eigenvalue weighted by molar-refractivity contribution is 7.89. The molecule has 8 heteroatoms. The van der Waals surface area contributed by atoms with Gasteiger partial charge in [-0.3, -0.25) is 4.98 Å². The van der Waals surface area contributed by atoms with Crippen LogP contribution in [-0.2, 0) is 16.6 Å². The first-order valence-corrected chi connectivity index (χ1v) is 11.1. The molecule has 2 aromatic carbocycles. The van der Waals surface area contributed by atoms with Gasteiger partial charge in [0.1, 0.15) is 0 Å². The second kappa shape index (κ2) is 9.57. The summed E-state index contributed by atoms with van der Waals surface area (Å²) in [5.41, 5.74) is 1.20. The van der Waals surface area contributed by atoms with Crippen molar-refractivity contribution >= 4 is 44.1 Å². The lowest BCUT2D eigenvalue weighted by Gasteiger charge is -2.16. The van der Waals surface area contributed by atoms with Gasteiger partial charge in [0.25, 0.3) is 0 Å². The molecule has 6 nitrogen and oxygen atoms in total. The van der Waals surface area contributed by atoms with E-state index < -0.39 is 10.0 Å². The molecular formula is C22H25ClN4O2S. The quantitative estimate of drug-likeness (QED) is 0.407. The Labute approximate surface area is 182 Å². The maximum absolute atomic E-state index is 12.7. The number of halogens is 1. The van der Waals surface area contributed by atoms with Crippen LogP contribution in [-0.4, -0.2) is 37.1 Å². The molecule has 0 spiro atoms. The fraction of sp³-hybridized carbons (Fsp3) is 0.227. The molecule has 0 saturated heterocycles. The monoisotopic (exact) mass is 444 g/mol. The Balaban J connectivity index is 0.00000256. The lowest BCUT2D eigenvalue weighted by molar-refractivity contribution is 0.525. The molecule has 0 aliphatic rings. The van der Waals surface area contributed by atoms with Gasteiger partial charge >= 0.3 is 0 Å². The Morgan fingerprint density at radius 1 is 1.03 bits per heavy atom. The van der Waals surface area contributed by atoms with Crippen LogP contribution < -0.4 is 10.0 Å². The number of aromatic nitrogens is 2. The van der Waals surface area contributed by atoms with E-state index in [-0.39, 0.29) is 23.3 Å². The van der Waals surface area contributed by atoms with Crippen molar-refractivity contribution < 1.29 is 8.42 Å². The fourth-order valence-electron chi connectivity index (χ4n) is 3.46. The van der Waals surface area contributed by atoms with Gasteiger partial charge in [0.05, 0.1) is 4.90 Å². The number of nitrogens with one attached hydrogen (secondary N) is 2. The molecule has 2 heterocycles. The molecule has 2 aromatic heterocycles. The van der Waals surface area contributed by atoms with Crippen LogP contribution in [0.3, 0.4) is 0 Å². The van der Waals surface area contributed by atoms with E-state index in [1.165, 1.54) is 10.9 Å². The number of sulfonamides is 1. The molecule has 0 unspecified atom stereocenters. The van der Waals surface area contributed by atoms with Crippen molar-refractivity contribution in [2.24, 2.45) is 0 Å². The molecule has 0 radical (unpaired) electrons. The number of rotatable bonds is 8. The molecule has 4 rings (SSSR count). The highest BCUT2D eigenvalue weighted by atomic mass is 35.5. The molecule has 0 amide bonds. The third-order valence-corrected chi connectivity index (χ3v) is 6.53. The third kappa shape index (κ3) is 4.99. The second-order valence-electron chi connectivity index (χ2n) is 7.18. The topological polar surface area (TPSA) is 76.0 Å². The maximum atomic E-state index is 12.7. The first kappa shape index (κ1) is 22.2. The minimum atomic E-state index is -3.58. The summed E-state index contributed by atoms with van der Waals surface area (Å²) in [4.78, 5) is 4.32. The molecule has 0 aliphatic heterocycles. The molecule has 0 saturated carbocycles. The Morgan fingerprint density at radius 2 is 1.87 bits per heavy atom. The number of benzene rings is 2. The Kier molecular flexibility index (Phi) is 7.10. The van der Waals surface area contributed by atoms with E-state index in [0.29, 0.717) is 6.54 Å². The summed E-state index contributed by atoms with van der Waals surface area (Å²) in [5.74, 6) is 0. The van der Waals surface area contributed by atoms with Crippen LogP contribution in [0.4, 0.5) is 0 Å². The van der Waals surface area contributed by atoms with Crippen LogP contribution in [0.2, 0.25) is 0 Å². The summed E-state index contributed by atoms with van der Waals surface area (Å²) >= 11 is 0. The zero-order valence-corrected chi connectivity index (χ0v) is 18.3. The maximum Gasteiger partial charge on any atom is 0.240 e. The number of hydrogen-bond acceptors (Lipinski definition) is 4. The summed E-state index contributed by atoms with van der Waals surface area (Å²) in [6.07, 6.45) is 5.46. The van der Waals surface area contributed by atoms with E-state index >= 15 is 0 Å². The summed E-state index contributed by atoms with van der Waals surface area (Å²) in [6, 6.07) is 17.0. The number of fused-ring (bicyclic) bond motifs is 2. The van der Waals surface area contributed by atoms with Crippen molar-refractivity contribution in [3.63, 3.8) is 0 Å². The molecule has 0 bridgehead atoms. The van der Waals surface area contributed by atoms with Gasteiger partial charge < -0.3 is 9.88 Å². The third-order valence-electron chi connectivity index (χ3n) is 4.94. The van der Waals surface area contributed by atoms with Gasteiger partial charge in [-0.05, 0) is 48.0 Å². The molecule has 1 atom stereocenters. The Hall–Kier alpha value is -2.45. The lowest BCUT2D eigenvalue weighted by Crippen LogP contribution is -2.40. The first-order valence-electron chi connectivity index (χ1n) is 9.64. The highest BCUT2D eigenvalue weighted by Crippen LogP contribution is 2.18. The normalized spacial score (nSPS) is 12.7. The van der Waals surface area contributed by atoms with Gasteiger partial charge in [-0.15, -0.1) is 12.4 Å².